The summed E-state index contributed by atoms with van der Waals surface area (Å²) < 4.78 is 9.91. The summed E-state index contributed by atoms with van der Waals surface area (Å²) in [4.78, 5) is 24.0. The highest BCUT2D eigenvalue weighted by Gasteiger charge is 2.30. The molecule has 4 nitrogen and oxygen atoms in total. The van der Waals surface area contributed by atoms with Crippen molar-refractivity contribution in [3.05, 3.63) is 71.8 Å². The lowest BCUT2D eigenvalue weighted by Crippen LogP contribution is -2.25. The van der Waals surface area contributed by atoms with Gasteiger partial charge in [-0.3, -0.25) is 9.59 Å². The first kappa shape index (κ1) is 14.8. The fourth-order valence-electron chi connectivity index (χ4n) is 1.89. The van der Waals surface area contributed by atoms with Crippen molar-refractivity contribution in [1.29, 1.82) is 0 Å². The van der Waals surface area contributed by atoms with E-state index in [1.165, 1.54) is 7.11 Å². The topological polar surface area (TPSA) is 52.6 Å². The highest BCUT2D eigenvalue weighted by molar-refractivity contribution is 6.00. The number of ether oxygens (including phenoxy) is 2. The minimum absolute atomic E-state index is 0.117. The van der Waals surface area contributed by atoms with Crippen molar-refractivity contribution in [3.63, 3.8) is 0 Å². The molecule has 21 heavy (non-hydrogen) atoms. The molecule has 0 amide bonds. The largest absolute Gasteiger partial charge is 0.468 e. The molecular formula is C17H15O4. The van der Waals surface area contributed by atoms with Gasteiger partial charge >= 0.3 is 11.9 Å². The Morgan fingerprint density at radius 1 is 1.05 bits per heavy atom. The summed E-state index contributed by atoms with van der Waals surface area (Å²) in [6.45, 7) is 0.117. The van der Waals surface area contributed by atoms with Crippen molar-refractivity contribution in [1.82, 2.24) is 0 Å². The molecule has 1 unspecified atom stereocenters. The maximum atomic E-state index is 12.2. The summed E-state index contributed by atoms with van der Waals surface area (Å²) in [5.41, 5.74) is 1.38. The number of esters is 2. The first-order valence-corrected chi connectivity index (χ1v) is 6.47. The number of rotatable bonds is 5. The lowest BCUT2D eigenvalue weighted by atomic mass is 9.99. The molecule has 0 aliphatic carbocycles. The molecule has 1 radical (unpaired) electrons. The van der Waals surface area contributed by atoms with Gasteiger partial charge in [0.25, 0.3) is 0 Å². The normalized spacial score (nSPS) is 11.5. The van der Waals surface area contributed by atoms with Crippen LogP contribution in [0.15, 0.2) is 54.6 Å². The third kappa shape index (κ3) is 3.92. The van der Waals surface area contributed by atoms with Crippen molar-refractivity contribution in [2.24, 2.45) is 0 Å². The molecule has 2 rings (SSSR count). The SMILES string of the molecule is COC(=O)C(C(=O)OCc1ccccc1)c1cc[c]cc1. The number of hydrogen-bond donors (Lipinski definition) is 0. The second kappa shape index (κ2) is 7.24. The highest BCUT2D eigenvalue weighted by Crippen LogP contribution is 2.19. The van der Waals surface area contributed by atoms with E-state index in [1.54, 1.807) is 24.3 Å². The van der Waals surface area contributed by atoms with Crippen LogP contribution < -0.4 is 0 Å². The van der Waals surface area contributed by atoms with Crippen LogP contribution in [0.3, 0.4) is 0 Å². The summed E-state index contributed by atoms with van der Waals surface area (Å²) >= 11 is 0. The standard InChI is InChI=1S/C17H15O4/c1-20-16(18)15(14-10-6-3-7-11-14)17(19)21-12-13-8-4-2-5-9-13/h2,4-11,15H,12H2,1H3. The van der Waals surface area contributed by atoms with Gasteiger partial charge in [-0.05, 0) is 17.2 Å². The predicted molar refractivity (Wildman–Crippen MR) is 76.3 cm³/mol. The lowest BCUT2D eigenvalue weighted by molar-refractivity contribution is -0.156. The maximum Gasteiger partial charge on any atom is 0.325 e. The average molecular weight is 283 g/mol. The van der Waals surface area contributed by atoms with E-state index in [1.807, 2.05) is 30.3 Å². The van der Waals surface area contributed by atoms with Gasteiger partial charge in [0.2, 0.25) is 0 Å². The Bertz CT molecular complexity index is 593. The maximum absolute atomic E-state index is 12.2. The van der Waals surface area contributed by atoms with Gasteiger partial charge in [0.15, 0.2) is 5.92 Å². The minimum atomic E-state index is -1.08. The molecule has 0 N–H and O–H groups in total. The monoisotopic (exact) mass is 283 g/mol. The third-order valence-corrected chi connectivity index (χ3v) is 2.97. The van der Waals surface area contributed by atoms with Crippen LogP contribution in [0.25, 0.3) is 0 Å². The summed E-state index contributed by atoms with van der Waals surface area (Å²) in [6, 6.07) is 18.7. The van der Waals surface area contributed by atoms with E-state index < -0.39 is 17.9 Å². The van der Waals surface area contributed by atoms with Crippen LogP contribution in [-0.2, 0) is 25.7 Å². The third-order valence-electron chi connectivity index (χ3n) is 2.97. The number of benzene rings is 2. The molecule has 0 aliphatic heterocycles. The Morgan fingerprint density at radius 2 is 1.71 bits per heavy atom. The Kier molecular flexibility index (Phi) is 5.10. The van der Waals surface area contributed by atoms with Gasteiger partial charge in [-0.2, -0.15) is 0 Å². The Balaban J connectivity index is 2.10. The molecule has 0 fully saturated rings. The first-order valence-electron chi connectivity index (χ1n) is 6.47. The van der Waals surface area contributed by atoms with Crippen molar-refractivity contribution < 1.29 is 19.1 Å². The molecule has 0 spiro atoms. The van der Waals surface area contributed by atoms with Gasteiger partial charge in [-0.15, -0.1) is 0 Å². The van der Waals surface area contributed by atoms with Crippen molar-refractivity contribution in [3.8, 4) is 0 Å². The van der Waals surface area contributed by atoms with Crippen LogP contribution >= 0.6 is 0 Å². The summed E-state index contributed by atoms with van der Waals surface area (Å²) in [5, 5.41) is 0. The second-order valence-corrected chi connectivity index (χ2v) is 4.38. The number of carbonyl (C=O) groups is 2. The van der Waals surface area contributed by atoms with Gasteiger partial charge in [0, 0.05) is 0 Å². The van der Waals surface area contributed by atoms with Gasteiger partial charge in [0.1, 0.15) is 6.61 Å². The van der Waals surface area contributed by atoms with E-state index in [4.69, 9.17) is 4.74 Å². The molecule has 4 heteroatoms. The zero-order valence-corrected chi connectivity index (χ0v) is 11.6. The quantitative estimate of drug-likeness (QED) is 0.625. The minimum Gasteiger partial charge on any atom is -0.468 e. The van der Waals surface area contributed by atoms with Crippen LogP contribution in [-0.4, -0.2) is 19.0 Å². The molecule has 0 saturated carbocycles. The smallest absolute Gasteiger partial charge is 0.325 e. The number of carbonyl (C=O) groups excluding carboxylic acids is 2. The average Bonchev–Trinajstić information content (AvgIpc) is 2.55. The van der Waals surface area contributed by atoms with Crippen molar-refractivity contribution in [2.75, 3.05) is 7.11 Å². The van der Waals surface area contributed by atoms with E-state index in [0.29, 0.717) is 5.56 Å². The van der Waals surface area contributed by atoms with Crippen LogP contribution in [0.2, 0.25) is 0 Å². The highest BCUT2D eigenvalue weighted by atomic mass is 16.5. The molecule has 2 aromatic carbocycles. The van der Waals surface area contributed by atoms with Crippen molar-refractivity contribution >= 4 is 11.9 Å². The van der Waals surface area contributed by atoms with Gasteiger partial charge in [0.05, 0.1) is 7.11 Å². The van der Waals surface area contributed by atoms with E-state index in [9.17, 15) is 9.59 Å². The van der Waals surface area contributed by atoms with E-state index in [2.05, 4.69) is 10.8 Å². The summed E-state index contributed by atoms with van der Waals surface area (Å²) in [5.74, 6) is -2.34. The molecule has 0 heterocycles. The fourth-order valence-corrected chi connectivity index (χ4v) is 1.89. The van der Waals surface area contributed by atoms with E-state index >= 15 is 0 Å². The number of methoxy groups -OCH3 is 1. The molecule has 0 bridgehead atoms. The van der Waals surface area contributed by atoms with Gasteiger partial charge < -0.3 is 9.47 Å². The van der Waals surface area contributed by atoms with Crippen molar-refractivity contribution in [2.45, 2.75) is 12.5 Å². The first-order chi connectivity index (χ1) is 10.2. The lowest BCUT2D eigenvalue weighted by Gasteiger charge is -2.14. The molecule has 0 aliphatic rings. The van der Waals surface area contributed by atoms with Gasteiger partial charge in [-0.25, -0.2) is 0 Å². The Morgan fingerprint density at radius 3 is 2.33 bits per heavy atom. The summed E-state index contributed by atoms with van der Waals surface area (Å²) in [7, 11) is 1.24. The van der Waals surface area contributed by atoms with Gasteiger partial charge in [-0.1, -0.05) is 54.6 Å². The Hall–Kier alpha value is -2.62. The van der Waals surface area contributed by atoms with Crippen LogP contribution in [0, 0.1) is 6.07 Å². The molecule has 0 aromatic heterocycles. The fraction of sp³-hybridized carbons (Fsp3) is 0.176. The van der Waals surface area contributed by atoms with Crippen LogP contribution in [0.5, 0.6) is 0 Å². The second-order valence-electron chi connectivity index (χ2n) is 4.38. The molecule has 107 valence electrons. The molecule has 0 saturated heterocycles. The van der Waals surface area contributed by atoms with E-state index in [-0.39, 0.29) is 6.61 Å². The Labute approximate surface area is 123 Å². The molecule has 1 atom stereocenters. The van der Waals surface area contributed by atoms with Crippen LogP contribution in [0.1, 0.15) is 17.0 Å². The van der Waals surface area contributed by atoms with E-state index in [0.717, 1.165) is 5.56 Å². The zero-order chi connectivity index (χ0) is 15.1. The molecule has 2 aromatic rings. The summed E-state index contributed by atoms with van der Waals surface area (Å²) in [6.07, 6.45) is 0. The van der Waals surface area contributed by atoms with Crippen LogP contribution in [0.4, 0.5) is 0 Å². The predicted octanol–water partition coefficient (Wildman–Crippen LogP) is 2.49. The zero-order valence-electron chi connectivity index (χ0n) is 11.6. The number of hydrogen-bond acceptors (Lipinski definition) is 4. The molecular weight excluding hydrogens is 268 g/mol.